The van der Waals surface area contributed by atoms with Crippen molar-refractivity contribution in [1.82, 2.24) is 20.2 Å². The molecule has 2 N–H and O–H groups in total. The Morgan fingerprint density at radius 1 is 1.56 bits per heavy atom. The molecule has 1 fully saturated rings. The number of hydrogen-bond acceptors (Lipinski definition) is 3. The lowest BCUT2D eigenvalue weighted by Gasteiger charge is -2.32. The van der Waals surface area contributed by atoms with Gasteiger partial charge in [-0.05, 0) is 33.2 Å². The fraction of sp³-hybridized carbons (Fsp3) is 0.692. The second-order valence-corrected chi connectivity index (χ2v) is 5.16. The van der Waals surface area contributed by atoms with Crippen LogP contribution in [-0.2, 0) is 0 Å². The number of H-pyrrole nitrogens is 1. The zero-order chi connectivity index (χ0) is 13.0. The van der Waals surface area contributed by atoms with Crippen LogP contribution in [-0.4, -0.2) is 45.9 Å². The molecule has 2 heterocycles. The molecule has 1 atom stereocenters. The molecule has 1 aliphatic heterocycles. The molecule has 2 rings (SSSR count). The van der Waals surface area contributed by atoms with E-state index in [2.05, 4.69) is 29.1 Å². The van der Waals surface area contributed by atoms with E-state index >= 15 is 0 Å². The fourth-order valence-corrected chi connectivity index (χ4v) is 2.37. The van der Waals surface area contributed by atoms with Gasteiger partial charge in [0.05, 0.1) is 12.5 Å². The zero-order valence-electron chi connectivity index (χ0n) is 11.1. The van der Waals surface area contributed by atoms with Crippen LogP contribution in [0.2, 0.25) is 0 Å². The molecule has 0 radical (unpaired) electrons. The van der Waals surface area contributed by atoms with Gasteiger partial charge in [0.25, 0.3) is 5.91 Å². The molecular weight excluding hydrogens is 228 g/mol. The summed E-state index contributed by atoms with van der Waals surface area (Å²) >= 11 is 0. The Morgan fingerprint density at radius 3 is 2.94 bits per heavy atom. The molecule has 0 aromatic carbocycles. The molecule has 1 saturated heterocycles. The van der Waals surface area contributed by atoms with Gasteiger partial charge in [-0.1, -0.05) is 6.42 Å². The number of nitrogens with zero attached hydrogens (tertiary/aromatic N) is 2. The normalized spacial score (nSPS) is 20.1. The molecule has 18 heavy (non-hydrogen) atoms. The Morgan fingerprint density at radius 2 is 2.39 bits per heavy atom. The van der Waals surface area contributed by atoms with Crippen molar-refractivity contribution in [2.24, 2.45) is 0 Å². The standard InChI is InChI=1S/C13H22N4O/c1-10(2)17(8-11-5-3-4-6-15-11)13(18)12-7-14-9-16-12/h7,9-11,15H,3-6,8H2,1-2H3,(H,14,16). The summed E-state index contributed by atoms with van der Waals surface area (Å²) in [5, 5.41) is 3.48. The van der Waals surface area contributed by atoms with Gasteiger partial charge in [0.2, 0.25) is 0 Å². The maximum Gasteiger partial charge on any atom is 0.272 e. The summed E-state index contributed by atoms with van der Waals surface area (Å²) in [4.78, 5) is 21.1. The third kappa shape index (κ3) is 3.10. The summed E-state index contributed by atoms with van der Waals surface area (Å²) in [7, 11) is 0. The Labute approximate surface area is 108 Å². The number of piperidine rings is 1. The number of aromatic nitrogens is 2. The maximum absolute atomic E-state index is 12.3. The number of carbonyl (C=O) groups is 1. The summed E-state index contributed by atoms with van der Waals surface area (Å²) in [6, 6.07) is 0.623. The van der Waals surface area contributed by atoms with Crippen molar-refractivity contribution in [1.29, 1.82) is 0 Å². The van der Waals surface area contributed by atoms with Gasteiger partial charge in [0.15, 0.2) is 0 Å². The van der Waals surface area contributed by atoms with Gasteiger partial charge >= 0.3 is 0 Å². The van der Waals surface area contributed by atoms with Crippen LogP contribution >= 0.6 is 0 Å². The van der Waals surface area contributed by atoms with E-state index in [4.69, 9.17) is 0 Å². The highest BCUT2D eigenvalue weighted by atomic mass is 16.2. The van der Waals surface area contributed by atoms with E-state index in [9.17, 15) is 4.79 Å². The van der Waals surface area contributed by atoms with E-state index in [1.165, 1.54) is 12.8 Å². The highest BCUT2D eigenvalue weighted by molar-refractivity contribution is 5.92. The number of hydrogen-bond donors (Lipinski definition) is 2. The van der Waals surface area contributed by atoms with Crippen molar-refractivity contribution in [2.75, 3.05) is 13.1 Å². The number of imidazole rings is 1. The van der Waals surface area contributed by atoms with E-state index in [1.54, 1.807) is 12.5 Å². The van der Waals surface area contributed by atoms with Gasteiger partial charge in [0, 0.05) is 18.6 Å². The molecule has 5 nitrogen and oxygen atoms in total. The third-order valence-corrected chi connectivity index (χ3v) is 3.44. The second kappa shape index (κ2) is 6.00. The van der Waals surface area contributed by atoms with Crippen molar-refractivity contribution >= 4 is 5.91 Å². The molecule has 0 bridgehead atoms. The van der Waals surface area contributed by atoms with Crippen molar-refractivity contribution < 1.29 is 4.79 Å². The minimum Gasteiger partial charge on any atom is -0.341 e. The minimum absolute atomic E-state index is 0.0369. The van der Waals surface area contributed by atoms with E-state index in [0.29, 0.717) is 11.7 Å². The average molecular weight is 250 g/mol. The molecule has 1 amide bonds. The van der Waals surface area contributed by atoms with Gasteiger partial charge < -0.3 is 15.2 Å². The Hall–Kier alpha value is -1.36. The Bertz CT molecular complexity index is 368. The first-order valence-electron chi connectivity index (χ1n) is 6.71. The lowest BCUT2D eigenvalue weighted by Crippen LogP contribution is -2.48. The van der Waals surface area contributed by atoms with E-state index in [1.807, 2.05) is 4.90 Å². The van der Waals surface area contributed by atoms with Crippen LogP contribution in [0.3, 0.4) is 0 Å². The Balaban J connectivity index is 2.01. The van der Waals surface area contributed by atoms with E-state index < -0.39 is 0 Å². The predicted molar refractivity (Wildman–Crippen MR) is 70.4 cm³/mol. The molecule has 1 unspecified atom stereocenters. The minimum atomic E-state index is 0.0369. The molecule has 100 valence electrons. The van der Waals surface area contributed by atoms with Crippen molar-refractivity contribution in [2.45, 2.75) is 45.2 Å². The van der Waals surface area contributed by atoms with Gasteiger partial charge in [-0.25, -0.2) is 4.98 Å². The highest BCUT2D eigenvalue weighted by Crippen LogP contribution is 2.12. The largest absolute Gasteiger partial charge is 0.341 e. The number of nitrogens with one attached hydrogen (secondary N) is 2. The Kier molecular flexibility index (Phi) is 4.36. The molecule has 1 aliphatic rings. The first kappa shape index (κ1) is 13.1. The van der Waals surface area contributed by atoms with Crippen LogP contribution in [0.1, 0.15) is 43.6 Å². The molecular formula is C13H22N4O. The van der Waals surface area contributed by atoms with Crippen molar-refractivity contribution in [3.8, 4) is 0 Å². The molecule has 5 heteroatoms. The van der Waals surface area contributed by atoms with Gasteiger partial charge in [-0.15, -0.1) is 0 Å². The van der Waals surface area contributed by atoms with Crippen molar-refractivity contribution in [3.05, 3.63) is 18.2 Å². The van der Waals surface area contributed by atoms with Crippen LogP contribution in [0, 0.1) is 0 Å². The number of amides is 1. The third-order valence-electron chi connectivity index (χ3n) is 3.44. The summed E-state index contributed by atoms with van der Waals surface area (Å²) < 4.78 is 0. The fourth-order valence-electron chi connectivity index (χ4n) is 2.37. The molecule has 0 saturated carbocycles. The summed E-state index contributed by atoms with van der Waals surface area (Å²) in [6.07, 6.45) is 6.78. The smallest absolute Gasteiger partial charge is 0.272 e. The van der Waals surface area contributed by atoms with Gasteiger partial charge in [-0.3, -0.25) is 4.79 Å². The monoisotopic (exact) mass is 250 g/mol. The van der Waals surface area contributed by atoms with E-state index in [0.717, 1.165) is 19.5 Å². The van der Waals surface area contributed by atoms with E-state index in [-0.39, 0.29) is 11.9 Å². The quantitative estimate of drug-likeness (QED) is 0.849. The zero-order valence-corrected chi connectivity index (χ0v) is 11.1. The van der Waals surface area contributed by atoms with Crippen LogP contribution in [0.4, 0.5) is 0 Å². The second-order valence-electron chi connectivity index (χ2n) is 5.16. The summed E-state index contributed by atoms with van der Waals surface area (Å²) in [5.74, 6) is 0.0369. The van der Waals surface area contributed by atoms with Gasteiger partial charge in [-0.2, -0.15) is 0 Å². The SMILES string of the molecule is CC(C)N(CC1CCCCN1)C(=O)c1cnc[nH]1. The highest BCUT2D eigenvalue weighted by Gasteiger charge is 2.24. The van der Waals surface area contributed by atoms with Crippen LogP contribution in [0.5, 0.6) is 0 Å². The van der Waals surface area contributed by atoms with Crippen LogP contribution < -0.4 is 5.32 Å². The van der Waals surface area contributed by atoms with Crippen LogP contribution in [0.25, 0.3) is 0 Å². The topological polar surface area (TPSA) is 61.0 Å². The first-order chi connectivity index (χ1) is 8.68. The van der Waals surface area contributed by atoms with Crippen molar-refractivity contribution in [3.63, 3.8) is 0 Å². The number of rotatable bonds is 4. The maximum atomic E-state index is 12.3. The molecule has 1 aromatic heterocycles. The lowest BCUT2D eigenvalue weighted by molar-refractivity contribution is 0.0671. The summed E-state index contributed by atoms with van der Waals surface area (Å²) in [5.41, 5.74) is 0.569. The van der Waals surface area contributed by atoms with Gasteiger partial charge in [0.1, 0.15) is 5.69 Å². The predicted octanol–water partition coefficient (Wildman–Crippen LogP) is 1.40. The number of aromatic amines is 1. The van der Waals surface area contributed by atoms with Crippen LogP contribution in [0.15, 0.2) is 12.5 Å². The number of carbonyl (C=O) groups excluding carboxylic acids is 1. The molecule has 0 aliphatic carbocycles. The lowest BCUT2D eigenvalue weighted by atomic mass is 10.0. The molecule has 1 aromatic rings. The first-order valence-corrected chi connectivity index (χ1v) is 6.71. The molecule has 0 spiro atoms. The average Bonchev–Trinajstić information content (AvgIpc) is 2.90. The summed E-state index contributed by atoms with van der Waals surface area (Å²) in [6.45, 7) is 5.94.